The highest BCUT2D eigenvalue weighted by Gasteiger charge is 2.33. The number of pyridine rings is 1. The second kappa shape index (κ2) is 2.64. The molecule has 1 unspecified atom stereocenters. The molecule has 3 heterocycles. The molecule has 0 saturated carbocycles. The Morgan fingerprint density at radius 2 is 2.29 bits per heavy atom. The molecule has 0 N–H and O–H groups in total. The minimum atomic E-state index is 0.405. The summed E-state index contributed by atoms with van der Waals surface area (Å²) in [6.07, 6.45) is 10.7. The Hall–Kier alpha value is -1.70. The van der Waals surface area contributed by atoms with Gasteiger partial charge in [0, 0.05) is 6.04 Å². The maximum absolute atomic E-state index is 2.29. The zero-order valence-electron chi connectivity index (χ0n) is 8.09. The fourth-order valence-corrected chi connectivity index (χ4v) is 2.14. The summed E-state index contributed by atoms with van der Waals surface area (Å²) >= 11 is 0. The zero-order valence-corrected chi connectivity index (χ0v) is 8.09. The molecule has 0 radical (unpaired) electrons. The van der Waals surface area contributed by atoms with Gasteiger partial charge in [-0.1, -0.05) is 18.2 Å². The second-order valence-corrected chi connectivity index (χ2v) is 3.65. The SMILES string of the molecule is C[C-]1C2C=CC=CN2c2cccc[n+]21. The fraction of sp³-hybridized carbons (Fsp3) is 0.167. The van der Waals surface area contributed by atoms with E-state index in [1.807, 2.05) is 0 Å². The van der Waals surface area contributed by atoms with Gasteiger partial charge in [0.15, 0.2) is 5.82 Å². The van der Waals surface area contributed by atoms with Gasteiger partial charge in [-0.3, -0.25) is 4.90 Å². The quantitative estimate of drug-likeness (QED) is 0.439. The normalized spacial score (nSPS) is 22.5. The third kappa shape index (κ3) is 0.854. The average molecular weight is 184 g/mol. The highest BCUT2D eigenvalue weighted by molar-refractivity contribution is 5.49. The summed E-state index contributed by atoms with van der Waals surface area (Å²) in [6, 6.07) is 8.06. The van der Waals surface area contributed by atoms with Crippen molar-refractivity contribution < 1.29 is 4.57 Å². The van der Waals surface area contributed by atoms with Crippen molar-refractivity contribution in [3.05, 3.63) is 54.9 Å². The Morgan fingerprint density at radius 3 is 3.21 bits per heavy atom. The van der Waals surface area contributed by atoms with Crippen LogP contribution in [-0.2, 0) is 0 Å². The number of rotatable bonds is 0. The van der Waals surface area contributed by atoms with E-state index >= 15 is 0 Å². The predicted octanol–water partition coefficient (Wildman–Crippen LogP) is 1.65. The summed E-state index contributed by atoms with van der Waals surface area (Å²) in [5, 5.41) is 0. The molecular weight excluding hydrogens is 172 g/mol. The van der Waals surface area contributed by atoms with Gasteiger partial charge >= 0.3 is 0 Å². The number of hydrogen-bond donors (Lipinski definition) is 0. The van der Waals surface area contributed by atoms with Gasteiger partial charge in [-0.15, -0.1) is 0 Å². The molecule has 0 aliphatic carbocycles. The van der Waals surface area contributed by atoms with Crippen LogP contribution in [-0.4, -0.2) is 6.04 Å². The first-order valence-electron chi connectivity index (χ1n) is 4.86. The molecule has 0 saturated heterocycles. The van der Waals surface area contributed by atoms with Crippen LogP contribution in [0.3, 0.4) is 0 Å². The van der Waals surface area contributed by atoms with Crippen LogP contribution in [0.1, 0.15) is 6.92 Å². The molecule has 2 nitrogen and oxygen atoms in total. The van der Waals surface area contributed by atoms with E-state index < -0.39 is 0 Å². The van der Waals surface area contributed by atoms with Gasteiger partial charge in [0.05, 0.1) is 6.20 Å². The molecule has 14 heavy (non-hydrogen) atoms. The Labute approximate surface area is 83.8 Å². The van der Waals surface area contributed by atoms with Crippen LogP contribution in [0, 0.1) is 6.04 Å². The van der Waals surface area contributed by atoms with Crippen molar-refractivity contribution in [3.63, 3.8) is 0 Å². The number of hydrogen-bond acceptors (Lipinski definition) is 1. The number of allylic oxidation sites excluding steroid dienone is 2. The lowest BCUT2D eigenvalue weighted by molar-refractivity contribution is -0.634. The molecule has 1 atom stereocenters. The van der Waals surface area contributed by atoms with Gasteiger partial charge < -0.3 is 4.57 Å². The van der Waals surface area contributed by atoms with Gasteiger partial charge in [0.25, 0.3) is 0 Å². The molecule has 0 fully saturated rings. The van der Waals surface area contributed by atoms with Gasteiger partial charge in [0.1, 0.15) is 6.04 Å². The topological polar surface area (TPSA) is 7.12 Å². The van der Waals surface area contributed by atoms with Crippen LogP contribution in [0.25, 0.3) is 0 Å². The maximum Gasteiger partial charge on any atom is 0.178 e. The van der Waals surface area contributed by atoms with Crippen molar-refractivity contribution in [2.24, 2.45) is 0 Å². The van der Waals surface area contributed by atoms with Gasteiger partial charge in [-0.05, 0) is 31.3 Å². The average Bonchev–Trinajstić information content (AvgIpc) is 2.55. The van der Waals surface area contributed by atoms with Crippen LogP contribution >= 0.6 is 0 Å². The Morgan fingerprint density at radius 1 is 1.36 bits per heavy atom. The molecular formula is C12H12N2. The minimum absolute atomic E-state index is 0.405. The van der Waals surface area contributed by atoms with E-state index in [1.54, 1.807) is 0 Å². The summed E-state index contributed by atoms with van der Waals surface area (Å²) < 4.78 is 2.24. The lowest BCUT2D eigenvalue weighted by Crippen LogP contribution is -2.38. The first-order valence-corrected chi connectivity index (χ1v) is 4.86. The predicted molar refractivity (Wildman–Crippen MR) is 55.5 cm³/mol. The minimum Gasteiger partial charge on any atom is -0.362 e. The Kier molecular flexibility index (Phi) is 1.45. The van der Waals surface area contributed by atoms with E-state index in [-0.39, 0.29) is 0 Å². The van der Waals surface area contributed by atoms with Crippen molar-refractivity contribution in [3.8, 4) is 0 Å². The lowest BCUT2D eigenvalue weighted by atomic mass is 10.1. The molecule has 2 aliphatic rings. The van der Waals surface area contributed by atoms with Gasteiger partial charge in [0.2, 0.25) is 0 Å². The highest BCUT2D eigenvalue weighted by atomic mass is 15.3. The summed E-state index contributed by atoms with van der Waals surface area (Å²) in [5.74, 6) is 1.25. The van der Waals surface area contributed by atoms with E-state index in [4.69, 9.17) is 0 Å². The monoisotopic (exact) mass is 184 g/mol. The van der Waals surface area contributed by atoms with E-state index in [9.17, 15) is 0 Å². The second-order valence-electron chi connectivity index (χ2n) is 3.65. The number of nitrogens with zero attached hydrogens (tertiary/aromatic N) is 2. The van der Waals surface area contributed by atoms with E-state index in [2.05, 4.69) is 65.2 Å². The van der Waals surface area contributed by atoms with Crippen molar-refractivity contribution in [2.75, 3.05) is 4.90 Å². The molecule has 70 valence electrons. The van der Waals surface area contributed by atoms with Crippen LogP contribution < -0.4 is 9.47 Å². The first-order chi connectivity index (χ1) is 6.88. The number of fused-ring (bicyclic) bond motifs is 3. The molecule has 3 rings (SSSR count). The third-order valence-corrected chi connectivity index (χ3v) is 2.86. The van der Waals surface area contributed by atoms with Gasteiger partial charge in [-0.25, -0.2) is 0 Å². The Bertz CT molecular complexity index is 420. The largest absolute Gasteiger partial charge is 0.362 e. The van der Waals surface area contributed by atoms with Crippen molar-refractivity contribution >= 4 is 5.82 Å². The van der Waals surface area contributed by atoms with E-state index in [1.165, 1.54) is 11.9 Å². The summed E-state index contributed by atoms with van der Waals surface area (Å²) in [4.78, 5) is 2.29. The summed E-state index contributed by atoms with van der Waals surface area (Å²) in [5.41, 5.74) is 0. The summed E-state index contributed by atoms with van der Waals surface area (Å²) in [7, 11) is 0. The smallest absolute Gasteiger partial charge is 0.178 e. The molecule has 0 aromatic carbocycles. The number of aromatic nitrogens is 1. The van der Waals surface area contributed by atoms with Crippen molar-refractivity contribution in [1.29, 1.82) is 0 Å². The van der Waals surface area contributed by atoms with Crippen LogP contribution in [0.15, 0.2) is 48.8 Å². The lowest BCUT2D eigenvalue weighted by Gasteiger charge is -2.20. The molecule has 2 heteroatoms. The van der Waals surface area contributed by atoms with Crippen molar-refractivity contribution in [2.45, 2.75) is 13.0 Å². The highest BCUT2D eigenvalue weighted by Crippen LogP contribution is 2.28. The van der Waals surface area contributed by atoms with Crippen LogP contribution in [0.2, 0.25) is 0 Å². The molecule has 0 bridgehead atoms. The number of anilines is 1. The fourth-order valence-electron chi connectivity index (χ4n) is 2.14. The zero-order chi connectivity index (χ0) is 9.54. The van der Waals surface area contributed by atoms with Gasteiger partial charge in [-0.2, -0.15) is 0 Å². The first kappa shape index (κ1) is 7.68. The standard InChI is InChI=1S/C12H12N2/c1-10-11-6-2-4-9-14(11)12-7-3-5-8-13(10)12/h2-9,11H,1H3. The molecule has 1 aromatic rings. The molecule has 0 spiro atoms. The Balaban J connectivity index is 2.17. The van der Waals surface area contributed by atoms with Crippen LogP contribution in [0.5, 0.6) is 0 Å². The van der Waals surface area contributed by atoms with Crippen molar-refractivity contribution in [1.82, 2.24) is 0 Å². The third-order valence-electron chi connectivity index (χ3n) is 2.86. The maximum atomic E-state index is 2.29. The van der Waals surface area contributed by atoms with E-state index in [0.717, 1.165) is 0 Å². The van der Waals surface area contributed by atoms with Crippen LogP contribution in [0.4, 0.5) is 5.82 Å². The summed E-state index contributed by atoms with van der Waals surface area (Å²) in [6.45, 7) is 2.18. The molecule has 1 aromatic heterocycles. The van der Waals surface area contributed by atoms with E-state index in [0.29, 0.717) is 6.04 Å². The molecule has 0 amide bonds. The molecule has 2 aliphatic heterocycles.